The topological polar surface area (TPSA) is 70.2 Å². The fourth-order valence-electron chi connectivity index (χ4n) is 4.34. The fourth-order valence-corrected chi connectivity index (χ4v) is 4.34. The van der Waals surface area contributed by atoms with Gasteiger partial charge in [-0.1, -0.05) is 12.8 Å². The van der Waals surface area contributed by atoms with Crippen LogP contribution in [0.2, 0.25) is 0 Å². The second-order valence-corrected chi connectivity index (χ2v) is 7.47. The second kappa shape index (κ2) is 6.99. The van der Waals surface area contributed by atoms with Crippen LogP contribution >= 0.6 is 0 Å². The number of hydrogen-bond donors (Lipinski definition) is 3. The molecule has 0 radical (unpaired) electrons. The van der Waals surface area contributed by atoms with E-state index >= 15 is 0 Å². The minimum Gasteiger partial charge on any atom is -0.353 e. The molecule has 2 saturated heterocycles. The molecule has 1 aliphatic carbocycles. The van der Waals surface area contributed by atoms with Crippen molar-refractivity contribution in [1.82, 2.24) is 16.0 Å². The summed E-state index contributed by atoms with van der Waals surface area (Å²) >= 11 is 0. The van der Waals surface area contributed by atoms with E-state index in [1.54, 1.807) is 0 Å². The van der Waals surface area contributed by atoms with Crippen molar-refractivity contribution in [3.8, 4) is 0 Å². The molecule has 124 valence electrons. The van der Waals surface area contributed by atoms with Gasteiger partial charge in [-0.25, -0.2) is 0 Å². The standard InChI is InChI=1S/C17H29N3O2/c1-11(18-17(22)12-4-2-3-5-12)8-16(21)20-15-9-13-6-7-14(10-15)19-13/h11-15,19H,2-10H2,1H3,(H,18,22)(H,20,21). The van der Waals surface area contributed by atoms with Crippen molar-refractivity contribution in [2.24, 2.45) is 5.92 Å². The average molecular weight is 307 g/mol. The highest BCUT2D eigenvalue weighted by Crippen LogP contribution is 2.27. The SMILES string of the molecule is CC(CC(=O)NC1CC2CCC(C1)N2)NC(=O)C1CCCC1. The van der Waals surface area contributed by atoms with E-state index in [4.69, 9.17) is 0 Å². The van der Waals surface area contributed by atoms with Crippen molar-refractivity contribution < 1.29 is 9.59 Å². The molecule has 2 amide bonds. The van der Waals surface area contributed by atoms with Crippen LogP contribution in [-0.2, 0) is 9.59 Å². The minimum atomic E-state index is -0.0773. The van der Waals surface area contributed by atoms with Gasteiger partial charge in [-0.15, -0.1) is 0 Å². The van der Waals surface area contributed by atoms with Crippen LogP contribution in [-0.4, -0.2) is 36.0 Å². The highest BCUT2D eigenvalue weighted by atomic mass is 16.2. The largest absolute Gasteiger partial charge is 0.353 e. The Labute approximate surface area is 133 Å². The predicted molar refractivity (Wildman–Crippen MR) is 85.3 cm³/mol. The van der Waals surface area contributed by atoms with Crippen molar-refractivity contribution in [1.29, 1.82) is 0 Å². The molecule has 3 fully saturated rings. The van der Waals surface area contributed by atoms with Crippen molar-refractivity contribution in [3.05, 3.63) is 0 Å². The molecule has 0 aromatic carbocycles. The van der Waals surface area contributed by atoms with Crippen LogP contribution in [0.25, 0.3) is 0 Å². The molecule has 2 bridgehead atoms. The van der Waals surface area contributed by atoms with E-state index in [2.05, 4.69) is 16.0 Å². The molecule has 22 heavy (non-hydrogen) atoms. The molecule has 5 heteroatoms. The number of carbonyl (C=O) groups is 2. The van der Waals surface area contributed by atoms with Crippen LogP contribution in [0, 0.1) is 5.92 Å². The maximum absolute atomic E-state index is 12.2. The molecule has 3 atom stereocenters. The average Bonchev–Trinajstić information content (AvgIpc) is 3.08. The second-order valence-electron chi connectivity index (χ2n) is 7.47. The van der Waals surface area contributed by atoms with Crippen LogP contribution in [0.3, 0.4) is 0 Å². The van der Waals surface area contributed by atoms with Gasteiger partial charge in [-0.05, 0) is 45.4 Å². The molecule has 2 aliphatic heterocycles. The Kier molecular flexibility index (Phi) is 5.01. The zero-order valence-corrected chi connectivity index (χ0v) is 13.6. The smallest absolute Gasteiger partial charge is 0.223 e. The number of rotatable bonds is 5. The molecule has 3 aliphatic rings. The lowest BCUT2D eigenvalue weighted by Gasteiger charge is -2.30. The van der Waals surface area contributed by atoms with Crippen LogP contribution in [0.15, 0.2) is 0 Å². The molecule has 3 rings (SSSR count). The van der Waals surface area contributed by atoms with Crippen molar-refractivity contribution >= 4 is 11.8 Å². The van der Waals surface area contributed by atoms with E-state index < -0.39 is 0 Å². The first-order valence-electron chi connectivity index (χ1n) is 8.96. The van der Waals surface area contributed by atoms with E-state index in [1.165, 1.54) is 12.8 Å². The summed E-state index contributed by atoms with van der Waals surface area (Å²) in [7, 11) is 0. The van der Waals surface area contributed by atoms with Crippen LogP contribution in [0.1, 0.15) is 64.7 Å². The minimum absolute atomic E-state index is 0.0746. The number of piperidine rings is 1. The van der Waals surface area contributed by atoms with Crippen LogP contribution < -0.4 is 16.0 Å². The number of fused-ring (bicyclic) bond motifs is 2. The highest BCUT2D eigenvalue weighted by molar-refractivity contribution is 5.81. The van der Waals surface area contributed by atoms with E-state index in [0.717, 1.165) is 38.5 Å². The Hall–Kier alpha value is -1.10. The van der Waals surface area contributed by atoms with Crippen molar-refractivity contribution in [2.75, 3.05) is 0 Å². The summed E-state index contributed by atoms with van der Waals surface area (Å²) in [6.45, 7) is 1.93. The molecule has 3 unspecified atom stereocenters. The van der Waals surface area contributed by atoms with Gasteiger partial charge in [-0.3, -0.25) is 9.59 Å². The number of carbonyl (C=O) groups excluding carboxylic acids is 2. The normalized spacial score (nSPS) is 32.7. The quantitative estimate of drug-likeness (QED) is 0.720. The Morgan fingerprint density at radius 1 is 1.09 bits per heavy atom. The first-order valence-corrected chi connectivity index (χ1v) is 8.96. The van der Waals surface area contributed by atoms with Gasteiger partial charge in [0.1, 0.15) is 0 Å². The van der Waals surface area contributed by atoms with Crippen molar-refractivity contribution in [2.45, 2.75) is 88.9 Å². The Morgan fingerprint density at radius 2 is 1.73 bits per heavy atom. The van der Waals surface area contributed by atoms with Gasteiger partial charge in [-0.2, -0.15) is 0 Å². The lowest BCUT2D eigenvalue weighted by atomic mass is 9.99. The van der Waals surface area contributed by atoms with E-state index in [0.29, 0.717) is 24.5 Å². The molecule has 2 heterocycles. The Morgan fingerprint density at radius 3 is 2.36 bits per heavy atom. The van der Waals surface area contributed by atoms with Gasteiger partial charge >= 0.3 is 0 Å². The molecule has 5 nitrogen and oxygen atoms in total. The molecule has 3 N–H and O–H groups in total. The summed E-state index contributed by atoms with van der Waals surface area (Å²) in [5.74, 6) is 0.383. The first kappa shape index (κ1) is 15.8. The van der Waals surface area contributed by atoms with Crippen LogP contribution in [0.4, 0.5) is 0 Å². The Balaban J connectivity index is 1.38. The van der Waals surface area contributed by atoms with Gasteiger partial charge in [0, 0.05) is 36.5 Å². The Bertz CT molecular complexity index is 408. The predicted octanol–water partition coefficient (Wildman–Crippen LogP) is 1.47. The molecule has 0 spiro atoms. The van der Waals surface area contributed by atoms with Gasteiger partial charge in [0.05, 0.1) is 0 Å². The first-order chi connectivity index (χ1) is 10.6. The zero-order chi connectivity index (χ0) is 15.5. The van der Waals surface area contributed by atoms with E-state index in [1.807, 2.05) is 6.92 Å². The summed E-state index contributed by atoms with van der Waals surface area (Å²) < 4.78 is 0. The molecular formula is C17H29N3O2. The van der Waals surface area contributed by atoms with E-state index in [-0.39, 0.29) is 23.8 Å². The fraction of sp³-hybridized carbons (Fsp3) is 0.882. The monoisotopic (exact) mass is 307 g/mol. The zero-order valence-electron chi connectivity index (χ0n) is 13.6. The van der Waals surface area contributed by atoms with Gasteiger partial charge in [0.2, 0.25) is 11.8 Å². The summed E-state index contributed by atoms with van der Waals surface area (Å²) in [5.41, 5.74) is 0. The van der Waals surface area contributed by atoms with Gasteiger partial charge in [0.25, 0.3) is 0 Å². The summed E-state index contributed by atoms with van der Waals surface area (Å²) in [6, 6.07) is 1.41. The number of hydrogen-bond acceptors (Lipinski definition) is 3. The molecule has 0 aromatic rings. The third-order valence-electron chi connectivity index (χ3n) is 5.44. The highest BCUT2D eigenvalue weighted by Gasteiger charge is 2.34. The summed E-state index contributed by atoms with van der Waals surface area (Å²) in [5, 5.41) is 9.75. The summed E-state index contributed by atoms with van der Waals surface area (Å²) in [6.07, 6.45) is 9.28. The third kappa shape index (κ3) is 4.00. The molecule has 1 saturated carbocycles. The summed E-state index contributed by atoms with van der Waals surface area (Å²) in [4.78, 5) is 24.2. The lowest BCUT2D eigenvalue weighted by molar-refractivity contribution is -0.126. The van der Waals surface area contributed by atoms with Crippen molar-refractivity contribution in [3.63, 3.8) is 0 Å². The molecular weight excluding hydrogens is 278 g/mol. The number of nitrogens with one attached hydrogen (secondary N) is 3. The van der Waals surface area contributed by atoms with Crippen LogP contribution in [0.5, 0.6) is 0 Å². The number of amides is 2. The lowest BCUT2D eigenvalue weighted by Crippen LogP contribution is -2.49. The maximum atomic E-state index is 12.2. The van der Waals surface area contributed by atoms with Gasteiger partial charge in [0.15, 0.2) is 0 Å². The third-order valence-corrected chi connectivity index (χ3v) is 5.44. The molecule has 0 aromatic heterocycles. The van der Waals surface area contributed by atoms with Gasteiger partial charge < -0.3 is 16.0 Å². The maximum Gasteiger partial charge on any atom is 0.223 e. The van der Waals surface area contributed by atoms with E-state index in [9.17, 15) is 9.59 Å².